The maximum atomic E-state index is 11.1. The van der Waals surface area contributed by atoms with Gasteiger partial charge in [0, 0.05) is 30.3 Å². The molecule has 4 N–H and O–H groups in total. The highest BCUT2D eigenvalue weighted by atomic mass is 16.5. The lowest BCUT2D eigenvalue weighted by atomic mass is 9.85. The summed E-state index contributed by atoms with van der Waals surface area (Å²) in [5, 5.41) is 14.0. The van der Waals surface area contributed by atoms with Crippen LogP contribution in [0.1, 0.15) is 44.1 Å². The van der Waals surface area contributed by atoms with Gasteiger partial charge in [-0.1, -0.05) is 18.2 Å². The zero-order chi connectivity index (χ0) is 21.1. The first-order chi connectivity index (χ1) is 14.5. The molecule has 1 aliphatic carbocycles. The number of methoxy groups -OCH3 is 1. The summed E-state index contributed by atoms with van der Waals surface area (Å²) in [6, 6.07) is 12.7. The fourth-order valence-electron chi connectivity index (χ4n) is 5.11. The summed E-state index contributed by atoms with van der Waals surface area (Å²) in [7, 11) is 1.68. The number of hydrogen-bond donors (Lipinski definition) is 3. The predicted molar refractivity (Wildman–Crippen MR) is 120 cm³/mol. The summed E-state index contributed by atoms with van der Waals surface area (Å²) in [5.74, 6) is 1.13. The molecule has 1 aliphatic heterocycles. The molecule has 4 rings (SSSR count). The number of nitrogens with one attached hydrogen (secondary N) is 2. The zero-order valence-electron chi connectivity index (χ0n) is 17.7. The number of likely N-dealkylation sites (tertiary alicyclic amines) is 1. The number of rotatable bonds is 5. The van der Waals surface area contributed by atoms with Crippen molar-refractivity contribution in [3.8, 4) is 5.75 Å². The Bertz CT molecular complexity index is 921. The Labute approximate surface area is 178 Å². The molecule has 0 radical (unpaired) electrons. The Morgan fingerprint density at radius 3 is 2.57 bits per heavy atom. The summed E-state index contributed by atoms with van der Waals surface area (Å²) >= 11 is 0. The van der Waals surface area contributed by atoms with Gasteiger partial charge in [-0.15, -0.1) is 0 Å². The highest BCUT2D eigenvalue weighted by molar-refractivity contribution is 6.03. The summed E-state index contributed by atoms with van der Waals surface area (Å²) in [6.07, 6.45) is 6.36. The van der Waals surface area contributed by atoms with E-state index in [9.17, 15) is 4.79 Å². The summed E-state index contributed by atoms with van der Waals surface area (Å²) < 4.78 is 5.32. The third-order valence-corrected chi connectivity index (χ3v) is 6.78. The molecule has 30 heavy (non-hydrogen) atoms. The zero-order valence-corrected chi connectivity index (χ0v) is 17.7. The van der Waals surface area contributed by atoms with E-state index in [-0.39, 0.29) is 12.0 Å². The monoisotopic (exact) mass is 408 g/mol. The van der Waals surface area contributed by atoms with Crippen molar-refractivity contribution in [2.45, 2.75) is 50.6 Å². The third-order valence-electron chi connectivity index (χ3n) is 6.78. The van der Waals surface area contributed by atoms with E-state index < -0.39 is 6.03 Å². The molecule has 2 aliphatic rings. The highest BCUT2D eigenvalue weighted by Crippen LogP contribution is 2.30. The largest absolute Gasteiger partial charge is 0.497 e. The van der Waals surface area contributed by atoms with E-state index in [1.165, 1.54) is 0 Å². The summed E-state index contributed by atoms with van der Waals surface area (Å²) in [6.45, 7) is 2.07. The number of fused-ring (bicyclic) bond motifs is 1. The first-order valence-electron chi connectivity index (χ1n) is 11.0. The normalized spacial score (nSPS) is 25.0. The van der Waals surface area contributed by atoms with Crippen molar-refractivity contribution in [3.05, 3.63) is 42.0 Å². The molecular formula is C24H32N4O2. The van der Waals surface area contributed by atoms with Crippen molar-refractivity contribution in [2.75, 3.05) is 20.2 Å². The first kappa shape index (κ1) is 20.7. The molecule has 1 heterocycles. The van der Waals surface area contributed by atoms with Crippen LogP contribution in [0.2, 0.25) is 0 Å². The van der Waals surface area contributed by atoms with Crippen LogP contribution in [0, 0.1) is 11.3 Å². The lowest BCUT2D eigenvalue weighted by Gasteiger charge is -2.41. The van der Waals surface area contributed by atoms with Crippen LogP contribution in [-0.2, 0) is 0 Å². The second kappa shape index (κ2) is 9.04. The SMILES string of the molecule is COc1ccc2cc(C(=N)C3CCCN(C4CCC(NC(N)=O)CC4)C3)ccc2c1. The van der Waals surface area contributed by atoms with Gasteiger partial charge >= 0.3 is 6.03 Å². The van der Waals surface area contributed by atoms with Gasteiger partial charge < -0.3 is 21.2 Å². The summed E-state index contributed by atoms with van der Waals surface area (Å²) in [5.41, 5.74) is 7.04. The number of piperidine rings is 1. The Morgan fingerprint density at radius 2 is 1.83 bits per heavy atom. The molecule has 2 amide bonds. The van der Waals surface area contributed by atoms with Crippen LogP contribution in [0.5, 0.6) is 5.75 Å². The van der Waals surface area contributed by atoms with Gasteiger partial charge in [-0.3, -0.25) is 4.90 Å². The van der Waals surface area contributed by atoms with Crippen molar-refractivity contribution >= 4 is 22.5 Å². The predicted octanol–water partition coefficient (Wildman–Crippen LogP) is 3.91. The minimum absolute atomic E-state index is 0.217. The van der Waals surface area contributed by atoms with Crippen LogP contribution < -0.4 is 15.8 Å². The number of hydrogen-bond acceptors (Lipinski definition) is 4. The van der Waals surface area contributed by atoms with Crippen LogP contribution in [0.4, 0.5) is 4.79 Å². The number of amides is 2. The molecule has 2 aromatic carbocycles. The number of carbonyl (C=O) groups excluding carboxylic acids is 1. The van der Waals surface area contributed by atoms with Gasteiger partial charge in [-0.2, -0.15) is 0 Å². The van der Waals surface area contributed by atoms with Crippen molar-refractivity contribution < 1.29 is 9.53 Å². The Balaban J connectivity index is 1.40. The fraction of sp³-hybridized carbons (Fsp3) is 0.500. The smallest absolute Gasteiger partial charge is 0.312 e. The second-order valence-electron chi connectivity index (χ2n) is 8.69. The molecule has 1 unspecified atom stereocenters. The maximum Gasteiger partial charge on any atom is 0.312 e. The van der Waals surface area contributed by atoms with Crippen molar-refractivity contribution in [1.29, 1.82) is 5.41 Å². The minimum Gasteiger partial charge on any atom is -0.497 e. The van der Waals surface area contributed by atoms with Gasteiger partial charge in [-0.25, -0.2) is 4.79 Å². The Morgan fingerprint density at radius 1 is 1.10 bits per heavy atom. The second-order valence-corrected chi connectivity index (χ2v) is 8.69. The van der Waals surface area contributed by atoms with Gasteiger partial charge in [0.1, 0.15) is 5.75 Å². The molecule has 6 heteroatoms. The van der Waals surface area contributed by atoms with Gasteiger partial charge in [0.15, 0.2) is 0 Å². The van der Waals surface area contributed by atoms with Gasteiger partial charge in [0.2, 0.25) is 0 Å². The molecule has 2 fully saturated rings. The van der Waals surface area contributed by atoms with E-state index in [0.29, 0.717) is 6.04 Å². The van der Waals surface area contributed by atoms with E-state index >= 15 is 0 Å². The van der Waals surface area contributed by atoms with Crippen molar-refractivity contribution in [2.24, 2.45) is 11.7 Å². The molecule has 6 nitrogen and oxygen atoms in total. The average Bonchev–Trinajstić information content (AvgIpc) is 2.78. The average molecular weight is 409 g/mol. The topological polar surface area (TPSA) is 91.4 Å². The maximum absolute atomic E-state index is 11.1. The fourth-order valence-corrected chi connectivity index (χ4v) is 5.11. The minimum atomic E-state index is -0.418. The number of nitrogens with two attached hydrogens (primary N) is 1. The van der Waals surface area contributed by atoms with E-state index in [1.54, 1.807) is 7.11 Å². The molecule has 1 saturated heterocycles. The lowest BCUT2D eigenvalue weighted by Crippen LogP contribution is -2.49. The number of nitrogens with zero attached hydrogens (tertiary/aromatic N) is 1. The van der Waals surface area contributed by atoms with Gasteiger partial charge in [0.05, 0.1) is 7.11 Å². The number of ether oxygens (including phenoxy) is 1. The number of urea groups is 1. The van der Waals surface area contributed by atoms with E-state index in [4.69, 9.17) is 15.9 Å². The Hall–Kier alpha value is -2.60. The van der Waals surface area contributed by atoms with Crippen LogP contribution >= 0.6 is 0 Å². The molecule has 1 atom stereocenters. The standard InChI is InChI=1S/C24H32N4O2/c1-30-22-11-6-16-13-18(5-4-17(16)14-22)23(25)19-3-2-12-28(15-19)21-9-7-20(8-10-21)27-24(26)29/h4-6,11,13-14,19-21,25H,2-3,7-10,12,15H2,1H3,(H3,26,27,29). The van der Waals surface area contributed by atoms with Gasteiger partial charge in [0.25, 0.3) is 0 Å². The molecule has 0 spiro atoms. The summed E-state index contributed by atoms with van der Waals surface area (Å²) in [4.78, 5) is 13.7. The van der Waals surface area contributed by atoms with E-state index in [1.807, 2.05) is 12.1 Å². The number of benzene rings is 2. The quantitative estimate of drug-likeness (QED) is 0.655. The van der Waals surface area contributed by atoms with Crippen LogP contribution in [-0.4, -0.2) is 48.9 Å². The molecule has 2 aromatic rings. The van der Waals surface area contributed by atoms with Gasteiger partial charge in [-0.05, 0) is 79.6 Å². The number of primary amides is 1. The lowest BCUT2D eigenvalue weighted by molar-refractivity contribution is 0.109. The van der Waals surface area contributed by atoms with Crippen molar-refractivity contribution in [1.82, 2.24) is 10.2 Å². The first-order valence-corrected chi connectivity index (χ1v) is 11.0. The van der Waals surface area contributed by atoms with Crippen molar-refractivity contribution in [3.63, 3.8) is 0 Å². The van der Waals surface area contributed by atoms with E-state index in [0.717, 1.165) is 79.4 Å². The molecule has 1 saturated carbocycles. The molecule has 0 bridgehead atoms. The van der Waals surface area contributed by atoms with E-state index in [2.05, 4.69) is 34.5 Å². The van der Waals surface area contributed by atoms with Crippen LogP contribution in [0.15, 0.2) is 36.4 Å². The van der Waals surface area contributed by atoms with Crippen LogP contribution in [0.25, 0.3) is 10.8 Å². The third kappa shape index (κ3) is 4.59. The number of carbonyl (C=O) groups is 1. The molecule has 0 aromatic heterocycles. The highest BCUT2D eigenvalue weighted by Gasteiger charge is 2.31. The van der Waals surface area contributed by atoms with Crippen LogP contribution in [0.3, 0.4) is 0 Å². The Kier molecular flexibility index (Phi) is 6.23. The molecular weight excluding hydrogens is 376 g/mol. The molecule has 160 valence electrons.